The van der Waals surface area contributed by atoms with Gasteiger partial charge >= 0.3 is 0 Å². The van der Waals surface area contributed by atoms with E-state index in [0.717, 1.165) is 5.92 Å². The zero-order chi connectivity index (χ0) is 7.40. The van der Waals surface area contributed by atoms with Crippen molar-refractivity contribution in [2.24, 2.45) is 5.92 Å². The summed E-state index contributed by atoms with van der Waals surface area (Å²) in [5.41, 5.74) is 1.56. The highest BCUT2D eigenvalue weighted by atomic mass is 14.1. The van der Waals surface area contributed by atoms with Crippen LogP contribution < -0.4 is 0 Å². The zero-order valence-electron chi connectivity index (χ0n) is 6.93. The molecule has 1 aliphatic carbocycles. The third kappa shape index (κ3) is 2.02. The van der Waals surface area contributed by atoms with Gasteiger partial charge in [-0.05, 0) is 32.1 Å². The first kappa shape index (κ1) is 7.59. The Morgan fingerprint density at radius 1 is 1.30 bits per heavy atom. The van der Waals surface area contributed by atoms with E-state index in [-0.39, 0.29) is 0 Å². The highest BCUT2D eigenvalue weighted by Gasteiger charge is 2.02. The molecule has 0 aromatic heterocycles. The van der Waals surface area contributed by atoms with E-state index >= 15 is 0 Å². The molecule has 10 heavy (non-hydrogen) atoms. The van der Waals surface area contributed by atoms with Crippen molar-refractivity contribution in [3.05, 3.63) is 23.8 Å². The lowest BCUT2D eigenvalue weighted by Gasteiger charge is -2.11. The van der Waals surface area contributed by atoms with E-state index in [4.69, 9.17) is 0 Å². The van der Waals surface area contributed by atoms with Crippen molar-refractivity contribution in [1.29, 1.82) is 0 Å². The summed E-state index contributed by atoms with van der Waals surface area (Å²) in [5.74, 6) is 0.761. The van der Waals surface area contributed by atoms with Crippen LogP contribution in [0.15, 0.2) is 23.8 Å². The number of hydrogen-bond acceptors (Lipinski definition) is 0. The van der Waals surface area contributed by atoms with E-state index in [2.05, 4.69) is 32.1 Å². The van der Waals surface area contributed by atoms with E-state index in [9.17, 15) is 0 Å². The van der Waals surface area contributed by atoms with Crippen LogP contribution in [-0.2, 0) is 0 Å². The van der Waals surface area contributed by atoms with Gasteiger partial charge < -0.3 is 0 Å². The summed E-state index contributed by atoms with van der Waals surface area (Å²) in [6.45, 7) is 4.53. The van der Waals surface area contributed by atoms with Crippen molar-refractivity contribution >= 4 is 0 Å². The molecule has 1 rings (SSSR count). The Kier molecular flexibility index (Phi) is 2.73. The monoisotopic (exact) mass is 136 g/mol. The van der Waals surface area contributed by atoms with E-state index in [0.29, 0.717) is 0 Å². The van der Waals surface area contributed by atoms with Crippen molar-refractivity contribution in [1.82, 2.24) is 0 Å². The Labute approximate surface area is 63.6 Å². The van der Waals surface area contributed by atoms with E-state index in [1.807, 2.05) is 0 Å². The molecule has 0 nitrogen and oxygen atoms in total. The van der Waals surface area contributed by atoms with Crippen molar-refractivity contribution in [3.8, 4) is 0 Å². The van der Waals surface area contributed by atoms with Crippen LogP contribution in [0.25, 0.3) is 0 Å². The second-order valence-corrected chi connectivity index (χ2v) is 3.13. The average Bonchev–Trinajstić information content (AvgIpc) is 1.92. The summed E-state index contributed by atoms with van der Waals surface area (Å²) in [5, 5.41) is 0. The van der Waals surface area contributed by atoms with Gasteiger partial charge in [-0.3, -0.25) is 0 Å². The first-order valence-corrected chi connectivity index (χ1v) is 4.12. The van der Waals surface area contributed by atoms with Crippen LogP contribution in [0, 0.1) is 5.92 Å². The second kappa shape index (κ2) is 3.60. The van der Waals surface area contributed by atoms with Gasteiger partial charge in [-0.15, -0.1) is 0 Å². The van der Waals surface area contributed by atoms with Crippen molar-refractivity contribution in [3.63, 3.8) is 0 Å². The predicted octanol–water partition coefficient (Wildman–Crippen LogP) is 3.31. The molecule has 0 amide bonds. The molecular weight excluding hydrogens is 120 g/mol. The number of allylic oxidation sites excluding steroid dienone is 4. The second-order valence-electron chi connectivity index (χ2n) is 3.13. The molecule has 0 radical (unpaired) electrons. The highest BCUT2D eigenvalue weighted by molar-refractivity contribution is 5.07. The van der Waals surface area contributed by atoms with Gasteiger partial charge in [-0.2, -0.15) is 0 Å². The molecule has 0 spiro atoms. The predicted molar refractivity (Wildman–Crippen MR) is 45.9 cm³/mol. The Hall–Kier alpha value is -0.520. The molecule has 0 N–H and O–H groups in total. The highest BCUT2D eigenvalue weighted by Crippen LogP contribution is 2.17. The first-order valence-electron chi connectivity index (χ1n) is 4.12. The molecule has 0 fully saturated rings. The molecule has 0 heterocycles. The van der Waals surface area contributed by atoms with Crippen LogP contribution in [-0.4, -0.2) is 0 Å². The molecule has 0 aromatic rings. The molecule has 0 aromatic carbocycles. The smallest absolute Gasteiger partial charge is 0.0200 e. The Balaban J connectivity index is 2.56. The zero-order valence-corrected chi connectivity index (χ0v) is 6.93. The molecule has 0 heteroatoms. The van der Waals surface area contributed by atoms with Crippen molar-refractivity contribution < 1.29 is 0 Å². The first-order chi connectivity index (χ1) is 4.80. The van der Waals surface area contributed by atoms with Gasteiger partial charge in [-0.25, -0.2) is 0 Å². The molecule has 0 saturated heterocycles. The van der Waals surface area contributed by atoms with Gasteiger partial charge in [0.1, 0.15) is 0 Å². The molecule has 1 atom stereocenters. The summed E-state index contributed by atoms with van der Waals surface area (Å²) >= 11 is 0. The maximum Gasteiger partial charge on any atom is -0.0200 e. The molecular formula is C10H16. The minimum absolute atomic E-state index is 0.761. The van der Waals surface area contributed by atoms with Crippen molar-refractivity contribution in [2.75, 3.05) is 0 Å². The van der Waals surface area contributed by atoms with Gasteiger partial charge in [0.05, 0.1) is 0 Å². The van der Waals surface area contributed by atoms with Crippen LogP contribution in [0.1, 0.15) is 33.1 Å². The lowest BCUT2D eigenvalue weighted by molar-refractivity contribution is 0.681. The molecule has 1 unspecified atom stereocenters. The molecule has 0 saturated carbocycles. The average molecular weight is 136 g/mol. The molecule has 0 bridgehead atoms. The van der Waals surface area contributed by atoms with Gasteiger partial charge in [0.25, 0.3) is 0 Å². The lowest BCUT2D eigenvalue weighted by atomic mass is 9.95. The topological polar surface area (TPSA) is 0 Å². The minimum Gasteiger partial charge on any atom is -0.0882 e. The maximum absolute atomic E-state index is 2.37. The fourth-order valence-corrected chi connectivity index (χ4v) is 1.21. The summed E-state index contributed by atoms with van der Waals surface area (Å²) in [4.78, 5) is 0. The Bertz CT molecular complexity index is 151. The van der Waals surface area contributed by atoms with Crippen LogP contribution >= 0.6 is 0 Å². The fraction of sp³-hybridized carbons (Fsp3) is 0.600. The normalized spacial score (nSPS) is 27.0. The van der Waals surface area contributed by atoms with E-state index in [1.165, 1.54) is 19.3 Å². The molecule has 1 aliphatic rings. The summed E-state index contributed by atoms with van der Waals surface area (Å²) in [6, 6.07) is 0. The third-order valence-corrected chi connectivity index (χ3v) is 2.23. The van der Waals surface area contributed by atoms with Crippen LogP contribution in [0.3, 0.4) is 0 Å². The largest absolute Gasteiger partial charge is 0.0882 e. The summed E-state index contributed by atoms with van der Waals surface area (Å²) in [6.07, 6.45) is 10.6. The third-order valence-electron chi connectivity index (χ3n) is 2.23. The molecule has 0 aliphatic heterocycles. The van der Waals surface area contributed by atoms with Crippen molar-refractivity contribution in [2.45, 2.75) is 33.1 Å². The van der Waals surface area contributed by atoms with E-state index in [1.54, 1.807) is 5.57 Å². The Morgan fingerprint density at radius 2 is 2.10 bits per heavy atom. The Morgan fingerprint density at radius 3 is 2.90 bits per heavy atom. The lowest BCUT2D eigenvalue weighted by Crippen LogP contribution is -1.95. The summed E-state index contributed by atoms with van der Waals surface area (Å²) in [7, 11) is 0. The minimum atomic E-state index is 0.761. The van der Waals surface area contributed by atoms with Gasteiger partial charge in [0.2, 0.25) is 0 Å². The van der Waals surface area contributed by atoms with Gasteiger partial charge in [0, 0.05) is 0 Å². The van der Waals surface area contributed by atoms with Crippen LogP contribution in [0.2, 0.25) is 0 Å². The van der Waals surface area contributed by atoms with Gasteiger partial charge in [-0.1, -0.05) is 30.7 Å². The number of hydrogen-bond donors (Lipinski definition) is 0. The van der Waals surface area contributed by atoms with Crippen LogP contribution in [0.4, 0.5) is 0 Å². The quantitative estimate of drug-likeness (QED) is 0.448. The fourth-order valence-electron chi connectivity index (χ4n) is 1.21. The van der Waals surface area contributed by atoms with Crippen LogP contribution in [0.5, 0.6) is 0 Å². The molecule has 56 valence electrons. The maximum atomic E-state index is 2.37. The standard InChI is InChI=1S/C10H16/c1-9-7-5-3-4-6-8-10(9)2/h3,5,8-9H,4,6-7H2,1-2H3. The summed E-state index contributed by atoms with van der Waals surface area (Å²) < 4.78 is 0. The number of rotatable bonds is 0. The SMILES string of the molecule is CC1=CCCC=CCC1C. The van der Waals surface area contributed by atoms with Gasteiger partial charge in [0.15, 0.2) is 0 Å². The van der Waals surface area contributed by atoms with E-state index < -0.39 is 0 Å².